The van der Waals surface area contributed by atoms with Gasteiger partial charge in [0.2, 0.25) is 0 Å². The van der Waals surface area contributed by atoms with Crippen molar-refractivity contribution in [3.63, 3.8) is 0 Å². The van der Waals surface area contributed by atoms with E-state index < -0.39 is 0 Å². The number of rotatable bonds is 4. The van der Waals surface area contributed by atoms with Crippen molar-refractivity contribution in [1.29, 1.82) is 0 Å². The summed E-state index contributed by atoms with van der Waals surface area (Å²) >= 11 is 3.60. The lowest BCUT2D eigenvalue weighted by Crippen LogP contribution is -2.02. The molecule has 4 heteroatoms. The molecule has 0 aliphatic carbocycles. The number of hydrogen-bond acceptors (Lipinski definition) is 3. The van der Waals surface area contributed by atoms with E-state index in [1.54, 1.807) is 7.11 Å². The second kappa shape index (κ2) is 5.67. The number of ether oxygens (including phenoxy) is 1. The van der Waals surface area contributed by atoms with Crippen LogP contribution in [0.15, 0.2) is 22.7 Å². The lowest BCUT2D eigenvalue weighted by Gasteiger charge is -2.13. The first-order chi connectivity index (χ1) is 8.67. The fourth-order valence-corrected chi connectivity index (χ4v) is 2.57. The van der Waals surface area contributed by atoms with Crippen LogP contribution in [0.5, 0.6) is 0 Å². The van der Waals surface area contributed by atoms with Crippen LogP contribution < -0.4 is 5.32 Å². The molecule has 18 heavy (non-hydrogen) atoms. The molecule has 1 aromatic carbocycles. The van der Waals surface area contributed by atoms with Crippen LogP contribution in [-0.2, 0) is 11.3 Å². The molecule has 2 aromatic rings. The molecule has 0 amide bonds. The van der Waals surface area contributed by atoms with Gasteiger partial charge in [-0.05, 0) is 31.5 Å². The minimum Gasteiger partial charge on any atom is -0.385 e. The Bertz CT molecular complexity index is 569. The quantitative estimate of drug-likeness (QED) is 0.930. The molecule has 0 bridgehead atoms. The van der Waals surface area contributed by atoms with E-state index in [0.717, 1.165) is 33.3 Å². The summed E-state index contributed by atoms with van der Waals surface area (Å²) in [6.07, 6.45) is 0. The van der Waals surface area contributed by atoms with Crippen molar-refractivity contribution >= 4 is 32.5 Å². The minimum absolute atomic E-state index is 0.528. The minimum atomic E-state index is 0.528. The molecule has 96 valence electrons. The highest BCUT2D eigenvalue weighted by molar-refractivity contribution is 9.10. The summed E-state index contributed by atoms with van der Waals surface area (Å²) < 4.78 is 6.24. The third-order valence-electron chi connectivity index (χ3n) is 2.82. The summed E-state index contributed by atoms with van der Waals surface area (Å²) in [5.41, 5.74) is 4.24. The summed E-state index contributed by atoms with van der Waals surface area (Å²) in [4.78, 5) is 4.67. The zero-order chi connectivity index (χ0) is 13.1. The topological polar surface area (TPSA) is 34.1 Å². The highest BCUT2D eigenvalue weighted by Crippen LogP contribution is 2.32. The van der Waals surface area contributed by atoms with Gasteiger partial charge >= 0.3 is 0 Å². The Morgan fingerprint density at radius 2 is 2.17 bits per heavy atom. The number of anilines is 1. The highest BCUT2D eigenvalue weighted by Gasteiger charge is 2.10. The smallest absolute Gasteiger partial charge is 0.0885 e. The van der Waals surface area contributed by atoms with Gasteiger partial charge in [0.25, 0.3) is 0 Å². The molecule has 1 heterocycles. The van der Waals surface area contributed by atoms with E-state index in [9.17, 15) is 0 Å². The third kappa shape index (κ3) is 2.49. The largest absolute Gasteiger partial charge is 0.385 e. The van der Waals surface area contributed by atoms with Gasteiger partial charge in [-0.15, -0.1) is 0 Å². The van der Waals surface area contributed by atoms with Gasteiger partial charge in [0.05, 0.1) is 17.8 Å². The van der Waals surface area contributed by atoms with Gasteiger partial charge in [0.15, 0.2) is 0 Å². The Hall–Kier alpha value is -1.13. The molecule has 0 saturated heterocycles. The summed E-state index contributed by atoms with van der Waals surface area (Å²) in [6.45, 7) is 5.58. The number of halogens is 1. The Morgan fingerprint density at radius 1 is 1.39 bits per heavy atom. The number of fused-ring (bicyclic) bond motifs is 1. The van der Waals surface area contributed by atoms with Crippen molar-refractivity contribution in [2.45, 2.75) is 20.5 Å². The standard InChI is InChI=1S/C14H17BrN2O/c1-4-16-12-7-10(8-18-3)17-14-9(2)5-6-11(15)13(12)14/h5-7H,4,8H2,1-3H3,(H,16,17). The van der Waals surface area contributed by atoms with Crippen molar-refractivity contribution in [2.24, 2.45) is 0 Å². The van der Waals surface area contributed by atoms with Crippen LogP contribution in [0.2, 0.25) is 0 Å². The molecular weight excluding hydrogens is 292 g/mol. The summed E-state index contributed by atoms with van der Waals surface area (Å²) in [7, 11) is 1.69. The van der Waals surface area contributed by atoms with E-state index in [4.69, 9.17) is 4.74 Å². The first kappa shape index (κ1) is 13.3. The number of aromatic nitrogens is 1. The lowest BCUT2D eigenvalue weighted by atomic mass is 10.1. The number of nitrogens with one attached hydrogen (secondary N) is 1. The van der Waals surface area contributed by atoms with E-state index >= 15 is 0 Å². The molecule has 0 fully saturated rings. The van der Waals surface area contributed by atoms with Gasteiger partial charge < -0.3 is 10.1 Å². The van der Waals surface area contributed by atoms with Crippen LogP contribution in [0.25, 0.3) is 10.9 Å². The maximum Gasteiger partial charge on any atom is 0.0885 e. The monoisotopic (exact) mass is 308 g/mol. The van der Waals surface area contributed by atoms with Gasteiger partial charge in [0.1, 0.15) is 0 Å². The van der Waals surface area contributed by atoms with Gasteiger partial charge in [-0.1, -0.05) is 22.0 Å². The Kier molecular flexibility index (Phi) is 4.19. The van der Waals surface area contributed by atoms with E-state index in [1.165, 1.54) is 5.56 Å². The predicted molar refractivity (Wildman–Crippen MR) is 79.1 cm³/mol. The second-order valence-electron chi connectivity index (χ2n) is 4.21. The van der Waals surface area contributed by atoms with Crippen LogP contribution in [0.1, 0.15) is 18.2 Å². The molecule has 1 N–H and O–H groups in total. The maximum atomic E-state index is 5.18. The number of methoxy groups -OCH3 is 1. The molecular formula is C14H17BrN2O. The molecule has 0 atom stereocenters. The normalized spacial score (nSPS) is 10.9. The van der Waals surface area contributed by atoms with Crippen molar-refractivity contribution in [1.82, 2.24) is 4.98 Å². The SMILES string of the molecule is CCNc1cc(COC)nc2c(C)ccc(Br)c12. The van der Waals surface area contributed by atoms with Crippen LogP contribution >= 0.6 is 15.9 Å². The Labute approximate surface area is 116 Å². The Morgan fingerprint density at radius 3 is 2.83 bits per heavy atom. The third-order valence-corrected chi connectivity index (χ3v) is 3.48. The fourth-order valence-electron chi connectivity index (χ4n) is 2.04. The van der Waals surface area contributed by atoms with Crippen LogP contribution in [0, 0.1) is 6.92 Å². The van der Waals surface area contributed by atoms with Crippen LogP contribution in [-0.4, -0.2) is 18.6 Å². The van der Waals surface area contributed by atoms with Crippen molar-refractivity contribution in [2.75, 3.05) is 19.0 Å². The Balaban J connectivity index is 2.72. The first-order valence-electron chi connectivity index (χ1n) is 5.99. The molecule has 0 saturated carbocycles. The summed E-state index contributed by atoms with van der Waals surface area (Å²) in [5, 5.41) is 4.53. The lowest BCUT2D eigenvalue weighted by molar-refractivity contribution is 0.182. The van der Waals surface area contributed by atoms with Gasteiger partial charge in [-0.2, -0.15) is 0 Å². The zero-order valence-corrected chi connectivity index (χ0v) is 12.5. The number of benzene rings is 1. The maximum absolute atomic E-state index is 5.18. The first-order valence-corrected chi connectivity index (χ1v) is 6.78. The summed E-state index contributed by atoms with van der Waals surface area (Å²) in [5.74, 6) is 0. The molecule has 0 aliphatic heterocycles. The van der Waals surface area contributed by atoms with Crippen LogP contribution in [0.4, 0.5) is 5.69 Å². The van der Waals surface area contributed by atoms with E-state index in [2.05, 4.69) is 58.3 Å². The van der Waals surface area contributed by atoms with E-state index in [0.29, 0.717) is 6.61 Å². The molecule has 2 rings (SSSR count). The molecule has 3 nitrogen and oxygen atoms in total. The molecule has 0 spiro atoms. The van der Waals surface area contributed by atoms with E-state index in [-0.39, 0.29) is 0 Å². The van der Waals surface area contributed by atoms with Crippen molar-refractivity contribution in [3.05, 3.63) is 33.9 Å². The highest BCUT2D eigenvalue weighted by atomic mass is 79.9. The number of nitrogens with zero attached hydrogens (tertiary/aromatic N) is 1. The zero-order valence-electron chi connectivity index (χ0n) is 10.9. The van der Waals surface area contributed by atoms with Crippen molar-refractivity contribution in [3.8, 4) is 0 Å². The average Bonchev–Trinajstić information content (AvgIpc) is 2.34. The van der Waals surface area contributed by atoms with Crippen LogP contribution in [0.3, 0.4) is 0 Å². The molecule has 0 aliphatic rings. The fraction of sp³-hybridized carbons (Fsp3) is 0.357. The predicted octanol–water partition coefficient (Wildman–Crippen LogP) is 3.88. The molecule has 1 aromatic heterocycles. The second-order valence-corrected chi connectivity index (χ2v) is 5.07. The average molecular weight is 309 g/mol. The van der Waals surface area contributed by atoms with Crippen molar-refractivity contribution < 1.29 is 4.74 Å². The van der Waals surface area contributed by atoms with Gasteiger partial charge in [0, 0.05) is 29.2 Å². The van der Waals surface area contributed by atoms with Gasteiger partial charge in [-0.3, -0.25) is 0 Å². The number of hydrogen-bond donors (Lipinski definition) is 1. The molecule has 0 unspecified atom stereocenters. The number of pyridine rings is 1. The van der Waals surface area contributed by atoms with Gasteiger partial charge in [-0.25, -0.2) is 4.98 Å². The number of aryl methyl sites for hydroxylation is 1. The summed E-state index contributed by atoms with van der Waals surface area (Å²) in [6, 6.07) is 6.20. The molecule has 0 radical (unpaired) electrons. The van der Waals surface area contributed by atoms with E-state index in [1.807, 2.05) is 0 Å².